The fourth-order valence-corrected chi connectivity index (χ4v) is 1.06. The van der Waals surface area contributed by atoms with E-state index in [1.165, 1.54) is 0 Å². The molecule has 0 amide bonds. The maximum absolute atomic E-state index is 11.7. The summed E-state index contributed by atoms with van der Waals surface area (Å²) in [5, 5.41) is -2.36. The van der Waals surface area contributed by atoms with E-state index in [-0.39, 0.29) is 0 Å². The molecule has 0 heterocycles. The van der Waals surface area contributed by atoms with Crippen LogP contribution < -0.4 is 4.72 Å². The molecule has 0 fully saturated rings. The molecule has 0 aromatic rings. The molecule has 0 rings (SSSR count). The Morgan fingerprint density at radius 3 is 1.82 bits per heavy atom. The summed E-state index contributed by atoms with van der Waals surface area (Å²) < 4.78 is 57.8. The number of hydrogen-bond acceptors (Lipinski definition) is 2. The van der Waals surface area contributed by atoms with Crippen LogP contribution in [-0.4, -0.2) is 26.9 Å². The van der Waals surface area contributed by atoms with E-state index in [4.69, 9.17) is 0 Å². The van der Waals surface area contributed by atoms with Crippen molar-refractivity contribution in [3.8, 4) is 0 Å². The molecular weight excluding hydrogens is 183 g/mol. The molecule has 7 heteroatoms. The van der Waals surface area contributed by atoms with Crippen LogP contribution in [0.5, 0.6) is 0 Å². The monoisotopic (exact) mass is 191 g/mol. The van der Waals surface area contributed by atoms with Crippen molar-refractivity contribution in [3.63, 3.8) is 0 Å². The molecule has 0 aromatic carbocycles. The topological polar surface area (TPSA) is 46.2 Å². The van der Waals surface area contributed by atoms with Gasteiger partial charge in [0.05, 0.1) is 0 Å². The van der Waals surface area contributed by atoms with Crippen LogP contribution in [0.25, 0.3) is 0 Å². The lowest BCUT2D eigenvalue weighted by Gasteiger charge is -2.14. The van der Waals surface area contributed by atoms with E-state index in [0.717, 1.165) is 7.05 Å². The molecule has 0 saturated heterocycles. The molecule has 0 saturated carbocycles. The van der Waals surface area contributed by atoms with Gasteiger partial charge in [-0.15, -0.1) is 0 Å². The Morgan fingerprint density at radius 2 is 1.73 bits per heavy atom. The van der Waals surface area contributed by atoms with E-state index < -0.39 is 21.4 Å². The lowest BCUT2D eigenvalue weighted by atomic mass is 10.5. The first-order valence-electron chi connectivity index (χ1n) is 2.71. The predicted octanol–water partition coefficient (Wildman–Crippen LogP) is 0.486. The Balaban J connectivity index is 4.64. The number of rotatable bonds is 2. The van der Waals surface area contributed by atoms with Gasteiger partial charge in [0.1, 0.15) is 0 Å². The standard InChI is InChI=1S/C4H8F3NO2S/c1-3(4(5,6)7)11(9,10)8-2/h3,8H,1-2H3/t3-/m1/s1. The van der Waals surface area contributed by atoms with Crippen LogP contribution in [0.2, 0.25) is 0 Å². The summed E-state index contributed by atoms with van der Waals surface area (Å²) in [5.74, 6) is 0. The first kappa shape index (κ1) is 10.7. The largest absolute Gasteiger partial charge is 0.406 e. The van der Waals surface area contributed by atoms with Crippen LogP contribution in [0.4, 0.5) is 13.2 Å². The third-order valence-corrected chi connectivity index (χ3v) is 2.98. The normalized spacial score (nSPS) is 16.5. The molecule has 0 aliphatic carbocycles. The molecule has 11 heavy (non-hydrogen) atoms. The van der Waals surface area contributed by atoms with Crippen LogP contribution >= 0.6 is 0 Å². The second kappa shape index (κ2) is 2.98. The van der Waals surface area contributed by atoms with Crippen molar-refractivity contribution in [2.45, 2.75) is 18.3 Å². The van der Waals surface area contributed by atoms with Crippen LogP contribution in [0.3, 0.4) is 0 Å². The van der Waals surface area contributed by atoms with E-state index in [2.05, 4.69) is 0 Å². The van der Waals surface area contributed by atoms with Crippen molar-refractivity contribution in [1.82, 2.24) is 4.72 Å². The lowest BCUT2D eigenvalue weighted by Crippen LogP contribution is -2.40. The van der Waals surface area contributed by atoms with Gasteiger partial charge in [-0.25, -0.2) is 13.1 Å². The third-order valence-electron chi connectivity index (χ3n) is 1.21. The molecule has 0 radical (unpaired) electrons. The molecular formula is C4H8F3NO2S. The summed E-state index contributed by atoms with van der Waals surface area (Å²) in [5.41, 5.74) is 0. The number of halogens is 3. The quantitative estimate of drug-likeness (QED) is 0.690. The van der Waals surface area contributed by atoms with Crippen LogP contribution in [0.1, 0.15) is 6.92 Å². The number of hydrogen-bond donors (Lipinski definition) is 1. The van der Waals surface area contributed by atoms with Crippen molar-refractivity contribution >= 4 is 10.0 Å². The Labute approximate surface area is 62.6 Å². The fourth-order valence-electron chi connectivity index (χ4n) is 0.353. The van der Waals surface area contributed by atoms with Crippen molar-refractivity contribution in [3.05, 3.63) is 0 Å². The molecule has 0 aromatic heterocycles. The number of alkyl halides is 3. The Kier molecular flexibility index (Phi) is 2.90. The average molecular weight is 191 g/mol. The van der Waals surface area contributed by atoms with Gasteiger partial charge in [0.15, 0.2) is 5.25 Å². The molecule has 0 unspecified atom stereocenters. The van der Waals surface area contributed by atoms with Gasteiger partial charge in [0, 0.05) is 0 Å². The Hall–Kier alpha value is -0.300. The van der Waals surface area contributed by atoms with E-state index >= 15 is 0 Å². The highest BCUT2D eigenvalue weighted by molar-refractivity contribution is 7.90. The summed E-state index contributed by atoms with van der Waals surface area (Å²) in [6.45, 7) is 0.589. The Morgan fingerprint density at radius 1 is 1.36 bits per heavy atom. The van der Waals surface area contributed by atoms with Gasteiger partial charge in [-0.2, -0.15) is 13.2 Å². The zero-order valence-corrected chi connectivity index (χ0v) is 6.75. The van der Waals surface area contributed by atoms with Gasteiger partial charge in [-0.3, -0.25) is 0 Å². The minimum Gasteiger partial charge on any atom is -0.218 e. The smallest absolute Gasteiger partial charge is 0.218 e. The molecule has 1 atom stereocenters. The van der Waals surface area contributed by atoms with Crippen molar-refractivity contribution < 1.29 is 21.6 Å². The minimum absolute atomic E-state index is 0.589. The van der Waals surface area contributed by atoms with Gasteiger partial charge in [0.25, 0.3) is 0 Å². The highest BCUT2D eigenvalue weighted by Crippen LogP contribution is 2.24. The molecule has 0 aliphatic heterocycles. The van der Waals surface area contributed by atoms with Gasteiger partial charge in [0.2, 0.25) is 10.0 Å². The van der Waals surface area contributed by atoms with Crippen molar-refractivity contribution in [2.75, 3.05) is 7.05 Å². The molecule has 1 N–H and O–H groups in total. The number of nitrogens with one attached hydrogen (secondary N) is 1. The molecule has 68 valence electrons. The van der Waals surface area contributed by atoms with Crippen molar-refractivity contribution in [1.29, 1.82) is 0 Å². The Bertz CT molecular complexity index is 220. The summed E-state index contributed by atoms with van der Waals surface area (Å²) in [4.78, 5) is 0. The lowest BCUT2D eigenvalue weighted by molar-refractivity contribution is -0.127. The zero-order chi connectivity index (χ0) is 9.28. The summed E-state index contributed by atoms with van der Waals surface area (Å²) >= 11 is 0. The first-order valence-corrected chi connectivity index (χ1v) is 4.25. The highest BCUT2D eigenvalue weighted by Gasteiger charge is 2.44. The van der Waals surface area contributed by atoms with Gasteiger partial charge in [-0.1, -0.05) is 0 Å². The van der Waals surface area contributed by atoms with E-state index in [9.17, 15) is 21.6 Å². The van der Waals surface area contributed by atoms with E-state index in [1.807, 2.05) is 0 Å². The number of sulfonamides is 1. The van der Waals surface area contributed by atoms with Crippen molar-refractivity contribution in [2.24, 2.45) is 0 Å². The summed E-state index contributed by atoms with van der Waals surface area (Å²) in [6, 6.07) is 0. The summed E-state index contributed by atoms with van der Waals surface area (Å²) in [6.07, 6.45) is -4.71. The van der Waals surface area contributed by atoms with E-state index in [0.29, 0.717) is 6.92 Å². The average Bonchev–Trinajstić information content (AvgIpc) is 1.84. The molecule has 0 aliphatic rings. The fraction of sp³-hybridized carbons (Fsp3) is 1.00. The maximum atomic E-state index is 11.7. The SMILES string of the molecule is CNS(=O)(=O)[C@H](C)C(F)(F)F. The molecule has 0 spiro atoms. The van der Waals surface area contributed by atoms with Gasteiger partial charge in [-0.05, 0) is 14.0 Å². The molecule has 0 bridgehead atoms. The van der Waals surface area contributed by atoms with Gasteiger partial charge >= 0.3 is 6.18 Å². The van der Waals surface area contributed by atoms with Crippen LogP contribution in [-0.2, 0) is 10.0 Å². The first-order chi connectivity index (χ1) is 4.72. The second-order valence-electron chi connectivity index (χ2n) is 1.93. The summed E-state index contributed by atoms with van der Waals surface area (Å²) in [7, 11) is -3.29. The predicted molar refractivity (Wildman–Crippen MR) is 33.5 cm³/mol. The van der Waals surface area contributed by atoms with Crippen LogP contribution in [0, 0.1) is 0 Å². The third kappa shape index (κ3) is 2.66. The van der Waals surface area contributed by atoms with Crippen LogP contribution in [0.15, 0.2) is 0 Å². The second-order valence-corrected chi connectivity index (χ2v) is 4.14. The molecule has 3 nitrogen and oxygen atoms in total. The van der Waals surface area contributed by atoms with Gasteiger partial charge < -0.3 is 0 Å². The maximum Gasteiger partial charge on any atom is 0.406 e. The van der Waals surface area contributed by atoms with E-state index in [1.54, 1.807) is 4.72 Å². The highest BCUT2D eigenvalue weighted by atomic mass is 32.2. The minimum atomic E-state index is -4.71. The zero-order valence-electron chi connectivity index (χ0n) is 5.94.